The van der Waals surface area contributed by atoms with Crippen molar-refractivity contribution >= 4 is 28.3 Å². The summed E-state index contributed by atoms with van der Waals surface area (Å²) in [6.45, 7) is 9.97. The number of ether oxygens (including phenoxy) is 1. The first-order valence-electron chi connectivity index (χ1n) is 18.2. The highest BCUT2D eigenvalue weighted by molar-refractivity contribution is 6.07. The summed E-state index contributed by atoms with van der Waals surface area (Å²) in [7, 11) is 0. The van der Waals surface area contributed by atoms with E-state index in [1.807, 2.05) is 52.9 Å². The molecule has 0 radical (unpaired) electrons. The molecule has 3 aromatic heterocycles. The molecule has 10 bridgehead atoms. The van der Waals surface area contributed by atoms with Crippen LogP contribution in [-0.2, 0) is 21.4 Å². The summed E-state index contributed by atoms with van der Waals surface area (Å²) in [5.74, 6) is 1.66. The van der Waals surface area contributed by atoms with Gasteiger partial charge in [-0.25, -0.2) is 9.97 Å². The topological polar surface area (TPSA) is 135 Å². The molecule has 10 heteroatoms. The molecule has 4 atom stereocenters. The summed E-state index contributed by atoms with van der Waals surface area (Å²) < 4.78 is 20.5. The minimum atomic E-state index is -1.000. The third kappa shape index (κ3) is 4.12. The number of para-hydroxylation sites is 1. The number of anilines is 1. The average molecular weight is 694 g/mol. The second-order valence-electron chi connectivity index (χ2n) is 15.7. The number of benzene rings is 3. The Morgan fingerprint density at radius 3 is 2.67 bits per heavy atom. The van der Waals surface area contributed by atoms with E-state index in [9.17, 15) is 9.59 Å². The van der Waals surface area contributed by atoms with Crippen LogP contribution in [0.3, 0.4) is 0 Å². The molecule has 7 heterocycles. The molecule has 4 aliphatic heterocycles. The van der Waals surface area contributed by atoms with Crippen molar-refractivity contribution in [2.45, 2.75) is 71.6 Å². The Morgan fingerprint density at radius 2 is 1.85 bits per heavy atom. The maximum absolute atomic E-state index is 14.3. The van der Waals surface area contributed by atoms with Crippen molar-refractivity contribution in [1.29, 1.82) is 0 Å². The largest absolute Gasteiger partial charge is 0.469 e. The quantitative estimate of drug-likeness (QED) is 0.164. The smallest absolute Gasteiger partial charge is 0.249 e. The Kier molecular flexibility index (Phi) is 6.40. The molecule has 10 rings (SSSR count). The van der Waals surface area contributed by atoms with Gasteiger partial charge in [-0.2, -0.15) is 0 Å². The normalized spacial score (nSPS) is 22.3. The standard InChI is InChI=1S/C42H39N5O5/c1-6-41(4,5)31(48)17-22-15-21-13-14-29-27(16-21)42-26-11-7-10-24(34(26)47-40(42)51-29)23-9-8-12-28-32(23)25(18-43-28)30-19-44-38(50-30)35-36(42)52-39(46-35)33(20(2)3)45-37(22)49/h7-14,16,18-20,22,33,40,43,47H,6,15,17H2,1-5H3,(H,45,49)/t22?,33-,40?,42-/m0/s1. The van der Waals surface area contributed by atoms with Gasteiger partial charge in [-0.1, -0.05) is 77.1 Å². The van der Waals surface area contributed by atoms with E-state index >= 15 is 0 Å². The van der Waals surface area contributed by atoms with Crippen LogP contribution in [0.4, 0.5) is 5.69 Å². The number of ketones is 1. The summed E-state index contributed by atoms with van der Waals surface area (Å²) in [6.07, 6.45) is 4.30. The molecule has 4 aliphatic rings. The zero-order valence-electron chi connectivity index (χ0n) is 29.7. The first-order valence-corrected chi connectivity index (χ1v) is 18.2. The number of fused-ring (bicyclic) bond motifs is 7. The number of H-pyrrole nitrogens is 1. The highest BCUT2D eigenvalue weighted by Gasteiger charge is 2.61. The summed E-state index contributed by atoms with van der Waals surface area (Å²) in [5.41, 5.74) is 6.58. The lowest BCUT2D eigenvalue weighted by Gasteiger charge is -2.29. The highest BCUT2D eigenvalue weighted by atomic mass is 16.5. The van der Waals surface area contributed by atoms with E-state index in [2.05, 4.69) is 58.1 Å². The predicted molar refractivity (Wildman–Crippen MR) is 196 cm³/mol. The van der Waals surface area contributed by atoms with Crippen LogP contribution in [0.2, 0.25) is 0 Å². The minimum Gasteiger partial charge on any atom is -0.469 e. The summed E-state index contributed by atoms with van der Waals surface area (Å²) >= 11 is 0. The second-order valence-corrected chi connectivity index (χ2v) is 15.7. The van der Waals surface area contributed by atoms with Crippen LogP contribution in [-0.4, -0.2) is 32.9 Å². The molecule has 1 spiro atoms. The third-order valence-electron chi connectivity index (χ3n) is 12.0. The molecule has 262 valence electrons. The van der Waals surface area contributed by atoms with Crippen molar-refractivity contribution in [2.75, 3.05) is 5.32 Å². The molecule has 0 aliphatic carbocycles. The molecule has 6 aromatic rings. The van der Waals surface area contributed by atoms with Crippen molar-refractivity contribution in [3.05, 3.63) is 95.3 Å². The lowest BCUT2D eigenvalue weighted by molar-refractivity contribution is -0.134. The molecule has 52 heavy (non-hydrogen) atoms. The van der Waals surface area contributed by atoms with Gasteiger partial charge in [0, 0.05) is 62.8 Å². The zero-order valence-corrected chi connectivity index (χ0v) is 29.7. The van der Waals surface area contributed by atoms with Gasteiger partial charge in [0.15, 0.2) is 23.4 Å². The highest BCUT2D eigenvalue weighted by Crippen LogP contribution is 2.61. The number of hydrogen-bond donors (Lipinski definition) is 3. The molecular weight excluding hydrogens is 654 g/mol. The molecule has 1 amide bonds. The molecule has 0 fully saturated rings. The molecule has 0 saturated carbocycles. The van der Waals surface area contributed by atoms with Crippen molar-refractivity contribution in [1.82, 2.24) is 20.3 Å². The van der Waals surface area contributed by atoms with Crippen LogP contribution in [0, 0.1) is 17.3 Å². The number of nitrogens with one attached hydrogen (secondary N) is 3. The summed E-state index contributed by atoms with van der Waals surface area (Å²) in [5, 5.41) is 8.10. The number of rotatable bonds is 5. The SMILES string of the molecule is CCC(C)(C)C(=O)CC1Cc2ccc3c(c2)[C@]24c5cccc(c5NC2O3)-c2cccc3[nH]cc(c23)-c2cnc(o2)-c2nc(oc24)[C@H](C(C)C)NC1=O. The van der Waals surface area contributed by atoms with Crippen LogP contribution >= 0.6 is 0 Å². The number of oxazole rings is 2. The van der Waals surface area contributed by atoms with E-state index in [1.54, 1.807) is 6.20 Å². The predicted octanol–water partition coefficient (Wildman–Crippen LogP) is 8.32. The number of hydrogen-bond acceptors (Lipinski definition) is 8. The van der Waals surface area contributed by atoms with E-state index in [0.29, 0.717) is 47.6 Å². The molecule has 0 saturated heterocycles. The fourth-order valence-electron chi connectivity index (χ4n) is 8.67. The molecular formula is C42H39N5O5. The Balaban J connectivity index is 1.28. The third-order valence-corrected chi connectivity index (χ3v) is 12.0. The van der Waals surface area contributed by atoms with Gasteiger partial charge in [-0.3, -0.25) is 9.59 Å². The van der Waals surface area contributed by atoms with Gasteiger partial charge in [-0.05, 0) is 42.0 Å². The van der Waals surface area contributed by atoms with Gasteiger partial charge < -0.3 is 29.2 Å². The first kappa shape index (κ1) is 31.1. The van der Waals surface area contributed by atoms with Crippen LogP contribution in [0.25, 0.3) is 44.9 Å². The van der Waals surface area contributed by atoms with E-state index in [1.165, 1.54) is 0 Å². The Bertz CT molecular complexity index is 2480. The van der Waals surface area contributed by atoms with Crippen molar-refractivity contribution in [3.8, 4) is 39.8 Å². The van der Waals surface area contributed by atoms with Crippen molar-refractivity contribution in [3.63, 3.8) is 0 Å². The Morgan fingerprint density at radius 1 is 1.02 bits per heavy atom. The Labute approximate surface area is 300 Å². The van der Waals surface area contributed by atoms with E-state index in [-0.39, 0.29) is 24.0 Å². The fourth-order valence-corrected chi connectivity index (χ4v) is 8.67. The van der Waals surface area contributed by atoms with E-state index in [4.69, 9.17) is 23.5 Å². The number of carbonyl (C=O) groups excluding carboxylic acids is 2. The first-order chi connectivity index (χ1) is 25.1. The maximum atomic E-state index is 14.3. The van der Waals surface area contributed by atoms with Crippen molar-refractivity contribution < 1.29 is 23.2 Å². The minimum absolute atomic E-state index is 0.0666. The van der Waals surface area contributed by atoms with Gasteiger partial charge in [0.05, 0.1) is 6.20 Å². The maximum Gasteiger partial charge on any atom is 0.249 e. The molecule has 10 nitrogen and oxygen atoms in total. The monoisotopic (exact) mass is 693 g/mol. The number of Topliss-reactive ketones (excluding diaryl/α,β-unsaturated/α-hetero) is 1. The number of nitrogens with zero attached hydrogens (tertiary/aromatic N) is 2. The van der Waals surface area contributed by atoms with E-state index in [0.717, 1.165) is 50.0 Å². The molecule has 2 unspecified atom stereocenters. The van der Waals surface area contributed by atoms with Gasteiger partial charge in [-0.15, -0.1) is 0 Å². The molecule has 3 aromatic carbocycles. The van der Waals surface area contributed by atoms with Gasteiger partial charge in [0.1, 0.15) is 23.0 Å². The van der Waals surface area contributed by atoms with Crippen LogP contribution in [0.5, 0.6) is 5.75 Å². The lowest BCUT2D eigenvalue weighted by Crippen LogP contribution is -2.41. The number of aromatic amines is 1. The van der Waals surface area contributed by atoms with Crippen LogP contribution in [0.15, 0.2) is 75.8 Å². The Hall–Kier alpha value is -5.64. The second kappa shape index (κ2) is 10.7. The fraction of sp³-hybridized carbons (Fsp3) is 0.333. The summed E-state index contributed by atoms with van der Waals surface area (Å²) in [6, 6.07) is 18.1. The molecule has 3 N–H and O–H groups in total. The summed E-state index contributed by atoms with van der Waals surface area (Å²) in [4.78, 5) is 41.4. The van der Waals surface area contributed by atoms with E-state index < -0.39 is 29.0 Å². The number of carbonyl (C=O) groups is 2. The van der Waals surface area contributed by atoms with Crippen molar-refractivity contribution in [2.24, 2.45) is 17.3 Å². The average Bonchev–Trinajstić information content (AvgIpc) is 3.95. The zero-order chi connectivity index (χ0) is 35.7. The van der Waals surface area contributed by atoms with Gasteiger partial charge in [0.25, 0.3) is 0 Å². The van der Waals surface area contributed by atoms with Crippen LogP contribution < -0.4 is 15.4 Å². The number of aromatic nitrogens is 3. The van der Waals surface area contributed by atoms with Gasteiger partial charge in [0.2, 0.25) is 17.7 Å². The van der Waals surface area contributed by atoms with Gasteiger partial charge >= 0.3 is 0 Å². The lowest BCUT2D eigenvalue weighted by atomic mass is 9.71. The number of amides is 1. The van der Waals surface area contributed by atoms with Crippen LogP contribution in [0.1, 0.15) is 81.8 Å².